The van der Waals surface area contributed by atoms with E-state index in [0.29, 0.717) is 30.7 Å². The number of benzene rings is 2. The molecule has 2 aliphatic heterocycles. The lowest BCUT2D eigenvalue weighted by atomic mass is 9.84. The summed E-state index contributed by atoms with van der Waals surface area (Å²) in [5.41, 5.74) is 1.88. The zero-order chi connectivity index (χ0) is 23.7. The highest BCUT2D eigenvalue weighted by atomic mass is 35.5. The van der Waals surface area contributed by atoms with Gasteiger partial charge in [-0.1, -0.05) is 29.8 Å². The molecular weight excluding hydrogens is 450 g/mol. The Kier molecular flexibility index (Phi) is 6.67. The fraction of sp³-hybridized carbons (Fsp3) is 0.444. The summed E-state index contributed by atoms with van der Waals surface area (Å²) in [5, 5.41) is 13.1. The molecule has 1 amide bonds. The van der Waals surface area contributed by atoms with Gasteiger partial charge in [-0.2, -0.15) is 0 Å². The molecule has 0 bridgehead atoms. The smallest absolute Gasteiger partial charge is 0.289 e. The summed E-state index contributed by atoms with van der Waals surface area (Å²) in [6.07, 6.45) is 2.28. The number of rotatable bonds is 4. The molecule has 6 nitrogen and oxygen atoms in total. The summed E-state index contributed by atoms with van der Waals surface area (Å²) in [4.78, 5) is 19.5. The van der Waals surface area contributed by atoms with Gasteiger partial charge in [0.25, 0.3) is 5.91 Å². The Balaban J connectivity index is 1.27. The van der Waals surface area contributed by atoms with Crippen LogP contribution in [0.4, 0.5) is 0 Å². The van der Waals surface area contributed by atoms with Gasteiger partial charge in [-0.3, -0.25) is 9.69 Å². The fourth-order valence-corrected chi connectivity index (χ4v) is 5.32. The van der Waals surface area contributed by atoms with Crippen molar-refractivity contribution in [2.75, 3.05) is 46.3 Å². The molecule has 34 heavy (non-hydrogen) atoms. The predicted molar refractivity (Wildman–Crippen MR) is 134 cm³/mol. The minimum Gasteiger partial charge on any atom is -0.451 e. The maximum atomic E-state index is 13.0. The van der Waals surface area contributed by atoms with Gasteiger partial charge in [0.15, 0.2) is 5.76 Å². The van der Waals surface area contributed by atoms with Crippen LogP contribution in [0.1, 0.15) is 40.9 Å². The van der Waals surface area contributed by atoms with E-state index in [1.165, 1.54) is 5.56 Å². The molecule has 0 atom stereocenters. The van der Waals surface area contributed by atoms with Crippen molar-refractivity contribution in [1.29, 1.82) is 0 Å². The first-order valence-electron chi connectivity index (χ1n) is 12.1. The number of hydrogen-bond acceptors (Lipinski definition) is 5. The highest BCUT2D eigenvalue weighted by Crippen LogP contribution is 2.35. The molecule has 3 aromatic rings. The number of fused-ring (bicyclic) bond motifs is 1. The van der Waals surface area contributed by atoms with Crippen LogP contribution in [0.2, 0.25) is 5.02 Å². The Hall–Kier alpha value is -2.38. The molecule has 0 saturated carbocycles. The molecule has 2 saturated heterocycles. The largest absolute Gasteiger partial charge is 0.451 e. The average Bonchev–Trinajstić information content (AvgIpc) is 3.14. The number of halogens is 1. The van der Waals surface area contributed by atoms with Crippen molar-refractivity contribution in [3.8, 4) is 0 Å². The molecule has 2 fully saturated rings. The van der Waals surface area contributed by atoms with E-state index in [-0.39, 0.29) is 5.91 Å². The van der Waals surface area contributed by atoms with Crippen molar-refractivity contribution in [2.45, 2.75) is 31.4 Å². The van der Waals surface area contributed by atoms with Crippen LogP contribution >= 0.6 is 11.6 Å². The molecule has 2 aromatic carbocycles. The van der Waals surface area contributed by atoms with Gasteiger partial charge in [0, 0.05) is 49.7 Å². The van der Waals surface area contributed by atoms with Crippen molar-refractivity contribution in [2.24, 2.45) is 0 Å². The monoisotopic (exact) mass is 481 g/mol. The quantitative estimate of drug-likeness (QED) is 0.600. The normalized spacial score (nSPS) is 19.9. The molecule has 0 aliphatic carbocycles. The first-order valence-corrected chi connectivity index (χ1v) is 12.5. The standard InChI is InChI=1S/C27H32ClN3O3/c1-29-10-3-11-31(15-14-29)26(32)25-18-21-17-22(6-7-24(21)34-25)27(33)8-12-30(13-9-27)19-20-4-2-5-23(28)16-20/h2,4-7,16-18,33H,3,8-15,19H2,1H3. The van der Waals surface area contributed by atoms with E-state index in [4.69, 9.17) is 16.0 Å². The third-order valence-electron chi connectivity index (χ3n) is 7.25. The van der Waals surface area contributed by atoms with E-state index in [0.717, 1.165) is 61.7 Å². The van der Waals surface area contributed by atoms with Gasteiger partial charge in [0.05, 0.1) is 5.60 Å². The lowest BCUT2D eigenvalue weighted by Gasteiger charge is -2.38. The van der Waals surface area contributed by atoms with Gasteiger partial charge < -0.3 is 19.3 Å². The van der Waals surface area contributed by atoms with Gasteiger partial charge in [-0.15, -0.1) is 0 Å². The second-order valence-electron chi connectivity index (χ2n) is 9.75. The van der Waals surface area contributed by atoms with E-state index in [1.54, 1.807) is 0 Å². The highest BCUT2D eigenvalue weighted by Gasteiger charge is 2.34. The zero-order valence-electron chi connectivity index (χ0n) is 19.7. The molecular formula is C27H32ClN3O3. The number of likely N-dealkylation sites (N-methyl/N-ethyl adjacent to an activating group) is 1. The van der Waals surface area contributed by atoms with E-state index in [1.807, 2.05) is 47.4 Å². The number of furan rings is 1. The summed E-state index contributed by atoms with van der Waals surface area (Å²) in [6.45, 7) is 5.77. The molecule has 7 heteroatoms. The first kappa shape index (κ1) is 23.4. The summed E-state index contributed by atoms with van der Waals surface area (Å²) in [7, 11) is 2.09. The van der Waals surface area contributed by atoms with Crippen LogP contribution in [0.15, 0.2) is 52.9 Å². The SMILES string of the molecule is CN1CCCN(C(=O)c2cc3cc(C4(O)CCN(Cc5cccc(Cl)c5)CC4)ccc3o2)CC1. The number of aliphatic hydroxyl groups is 1. The van der Waals surface area contributed by atoms with Crippen molar-refractivity contribution >= 4 is 28.5 Å². The summed E-state index contributed by atoms with van der Waals surface area (Å²) < 4.78 is 5.91. The molecule has 5 rings (SSSR count). The predicted octanol–water partition coefficient (Wildman–Crippen LogP) is 4.35. The molecule has 0 radical (unpaired) electrons. The van der Waals surface area contributed by atoms with E-state index in [2.05, 4.69) is 22.9 Å². The summed E-state index contributed by atoms with van der Waals surface area (Å²) in [5.74, 6) is 0.320. The van der Waals surface area contributed by atoms with Gasteiger partial charge in [-0.25, -0.2) is 0 Å². The summed E-state index contributed by atoms with van der Waals surface area (Å²) in [6, 6.07) is 15.6. The minimum atomic E-state index is -0.879. The summed E-state index contributed by atoms with van der Waals surface area (Å²) >= 11 is 6.12. The van der Waals surface area contributed by atoms with Crippen LogP contribution in [-0.4, -0.2) is 72.0 Å². The van der Waals surface area contributed by atoms with Crippen molar-refractivity contribution < 1.29 is 14.3 Å². The van der Waals surface area contributed by atoms with Crippen molar-refractivity contribution in [3.05, 3.63) is 70.4 Å². The molecule has 1 aromatic heterocycles. The number of carbonyl (C=O) groups excluding carboxylic acids is 1. The molecule has 3 heterocycles. The van der Waals surface area contributed by atoms with E-state index in [9.17, 15) is 9.90 Å². The molecule has 0 unspecified atom stereocenters. The van der Waals surface area contributed by atoms with Gasteiger partial charge in [0.2, 0.25) is 0 Å². The highest BCUT2D eigenvalue weighted by molar-refractivity contribution is 6.30. The molecule has 1 N–H and O–H groups in total. The van der Waals surface area contributed by atoms with Crippen molar-refractivity contribution in [3.63, 3.8) is 0 Å². The van der Waals surface area contributed by atoms with Crippen LogP contribution in [0.5, 0.6) is 0 Å². The Morgan fingerprint density at radius 3 is 2.65 bits per heavy atom. The lowest BCUT2D eigenvalue weighted by molar-refractivity contribution is -0.0276. The van der Waals surface area contributed by atoms with Crippen LogP contribution in [0, 0.1) is 0 Å². The third-order valence-corrected chi connectivity index (χ3v) is 7.48. The zero-order valence-corrected chi connectivity index (χ0v) is 20.4. The lowest BCUT2D eigenvalue weighted by Crippen LogP contribution is -2.42. The maximum absolute atomic E-state index is 13.0. The topological polar surface area (TPSA) is 60.2 Å². The van der Waals surface area contributed by atoms with Crippen LogP contribution in [0.3, 0.4) is 0 Å². The maximum Gasteiger partial charge on any atom is 0.289 e. The number of likely N-dealkylation sites (tertiary alicyclic amines) is 1. The number of carbonyl (C=O) groups is 1. The van der Waals surface area contributed by atoms with E-state index >= 15 is 0 Å². The second kappa shape index (κ2) is 9.70. The van der Waals surface area contributed by atoms with Crippen LogP contribution in [-0.2, 0) is 12.1 Å². The average molecular weight is 482 g/mol. The van der Waals surface area contributed by atoms with Gasteiger partial charge in [-0.05, 0) is 74.3 Å². The Morgan fingerprint density at radius 1 is 1.03 bits per heavy atom. The molecule has 0 spiro atoms. The second-order valence-corrected chi connectivity index (χ2v) is 10.2. The Morgan fingerprint density at radius 2 is 1.85 bits per heavy atom. The third kappa shape index (κ3) is 5.01. The van der Waals surface area contributed by atoms with Gasteiger partial charge >= 0.3 is 0 Å². The molecule has 180 valence electrons. The number of nitrogens with zero attached hydrogens (tertiary/aromatic N) is 3. The van der Waals surface area contributed by atoms with Crippen molar-refractivity contribution in [1.82, 2.24) is 14.7 Å². The van der Waals surface area contributed by atoms with E-state index < -0.39 is 5.60 Å². The Labute approximate surface area is 205 Å². The van der Waals surface area contributed by atoms with Crippen LogP contribution < -0.4 is 0 Å². The Bertz CT molecular complexity index is 1170. The minimum absolute atomic E-state index is 0.0546. The molecule has 2 aliphatic rings. The fourth-order valence-electron chi connectivity index (χ4n) is 5.11. The number of hydrogen-bond donors (Lipinski definition) is 1. The number of piperidine rings is 1. The van der Waals surface area contributed by atoms with Crippen LogP contribution in [0.25, 0.3) is 11.0 Å². The van der Waals surface area contributed by atoms with Gasteiger partial charge in [0.1, 0.15) is 5.58 Å². The number of amides is 1. The first-order chi connectivity index (χ1) is 16.4.